The van der Waals surface area contributed by atoms with Gasteiger partial charge in [-0.15, -0.1) is 0 Å². The Morgan fingerprint density at radius 2 is 1.59 bits per heavy atom. The highest BCUT2D eigenvalue weighted by atomic mass is 35.5. The van der Waals surface area contributed by atoms with Crippen molar-refractivity contribution in [1.29, 1.82) is 0 Å². The van der Waals surface area contributed by atoms with Crippen molar-refractivity contribution in [1.82, 2.24) is 9.78 Å². The second-order valence-corrected chi connectivity index (χ2v) is 9.32. The lowest BCUT2D eigenvalue weighted by Gasteiger charge is -2.15. The molecule has 1 aliphatic rings. The van der Waals surface area contributed by atoms with Gasteiger partial charge in [-0.1, -0.05) is 71.2 Å². The summed E-state index contributed by atoms with van der Waals surface area (Å²) < 4.78 is 1.92. The summed E-state index contributed by atoms with van der Waals surface area (Å²) in [6, 6.07) is 17.4. The first-order valence-corrected chi connectivity index (χ1v) is 11.7. The molecule has 0 saturated carbocycles. The second kappa shape index (κ2) is 8.58. The summed E-state index contributed by atoms with van der Waals surface area (Å²) in [5.41, 5.74) is 4.88. The lowest BCUT2D eigenvalue weighted by Crippen LogP contribution is -2.22. The van der Waals surface area contributed by atoms with Gasteiger partial charge in [0, 0.05) is 21.7 Å². The van der Waals surface area contributed by atoms with E-state index in [-0.39, 0.29) is 16.0 Å². The number of nitrogens with zero attached hydrogens (tertiary/aromatic N) is 4. The number of rotatable bonds is 3. The predicted molar refractivity (Wildman–Crippen MR) is 141 cm³/mol. The van der Waals surface area contributed by atoms with Crippen molar-refractivity contribution >= 4 is 69.0 Å². The molecular weight excluding hydrogens is 491 g/mol. The first-order valence-electron chi connectivity index (χ1n) is 10.6. The van der Waals surface area contributed by atoms with Gasteiger partial charge in [0.15, 0.2) is 0 Å². The highest BCUT2D eigenvalue weighted by Gasteiger charge is 2.32. The van der Waals surface area contributed by atoms with Gasteiger partial charge in [0.05, 0.1) is 32.7 Å². The molecule has 0 unspecified atom stereocenters. The van der Waals surface area contributed by atoms with Gasteiger partial charge in [-0.2, -0.15) is 15.2 Å². The standard InChI is InChI=1S/C26H19Cl3N4O/c1-14-20(16(3)32(30-14)24-10-6-8-17-7-4-5-9-19(17)24)13-21-15(2)31-33(26(21)34)25-22(28)11-18(27)12-23(25)29/h4-13H,1-3H3/b21-13+. The topological polar surface area (TPSA) is 50.5 Å². The van der Waals surface area contributed by atoms with Crippen LogP contribution in [0.25, 0.3) is 22.5 Å². The number of anilines is 1. The molecule has 5 rings (SSSR count). The molecule has 1 aliphatic heterocycles. The Balaban J connectivity index is 1.58. The van der Waals surface area contributed by atoms with Gasteiger partial charge < -0.3 is 0 Å². The number of halogens is 3. The van der Waals surface area contributed by atoms with E-state index < -0.39 is 0 Å². The Bertz CT molecular complexity index is 1520. The molecule has 0 saturated heterocycles. The number of hydrogen-bond donors (Lipinski definition) is 0. The van der Waals surface area contributed by atoms with Gasteiger partial charge >= 0.3 is 0 Å². The molecule has 0 radical (unpaired) electrons. The Morgan fingerprint density at radius 1 is 0.912 bits per heavy atom. The third-order valence-corrected chi connectivity index (χ3v) is 6.68. The van der Waals surface area contributed by atoms with Crippen LogP contribution in [-0.4, -0.2) is 21.4 Å². The molecule has 2 heterocycles. The molecule has 8 heteroatoms. The smallest absolute Gasteiger partial charge is 0.267 e. The predicted octanol–water partition coefficient (Wildman–Crippen LogP) is 7.41. The number of hydrazone groups is 1. The molecule has 0 N–H and O–H groups in total. The zero-order valence-electron chi connectivity index (χ0n) is 18.6. The number of carbonyl (C=O) groups is 1. The Morgan fingerprint density at radius 3 is 2.32 bits per heavy atom. The Hall–Kier alpha value is -3.12. The maximum absolute atomic E-state index is 13.3. The van der Waals surface area contributed by atoms with Crippen LogP contribution in [0, 0.1) is 13.8 Å². The van der Waals surface area contributed by atoms with E-state index in [1.165, 1.54) is 17.1 Å². The summed E-state index contributed by atoms with van der Waals surface area (Å²) in [6.07, 6.45) is 1.83. The molecule has 0 spiro atoms. The number of carbonyl (C=O) groups excluding carboxylic acids is 1. The fraction of sp³-hybridized carbons (Fsp3) is 0.115. The molecule has 0 aliphatic carbocycles. The van der Waals surface area contributed by atoms with Crippen LogP contribution in [0.1, 0.15) is 23.9 Å². The number of aryl methyl sites for hydroxylation is 1. The van der Waals surface area contributed by atoms with E-state index in [9.17, 15) is 4.79 Å². The average Bonchev–Trinajstić information content (AvgIpc) is 3.23. The molecule has 3 aromatic carbocycles. The zero-order chi connectivity index (χ0) is 24.1. The second-order valence-electron chi connectivity index (χ2n) is 8.07. The summed E-state index contributed by atoms with van der Waals surface area (Å²) in [4.78, 5) is 13.3. The van der Waals surface area contributed by atoms with Crippen LogP contribution >= 0.6 is 34.8 Å². The van der Waals surface area contributed by atoms with Crippen molar-refractivity contribution in [2.75, 3.05) is 5.01 Å². The molecule has 1 aromatic heterocycles. The number of amides is 1. The van der Waals surface area contributed by atoms with Crippen molar-refractivity contribution in [2.24, 2.45) is 5.10 Å². The third-order valence-electron chi connectivity index (χ3n) is 5.89. The number of benzene rings is 3. The number of aromatic nitrogens is 2. The Labute approximate surface area is 211 Å². The summed E-state index contributed by atoms with van der Waals surface area (Å²) in [5.74, 6) is -0.319. The quantitative estimate of drug-likeness (QED) is 0.270. The highest BCUT2D eigenvalue weighted by molar-refractivity contribution is 6.44. The van der Waals surface area contributed by atoms with E-state index in [1.807, 2.05) is 48.9 Å². The zero-order valence-corrected chi connectivity index (χ0v) is 20.9. The summed E-state index contributed by atoms with van der Waals surface area (Å²) >= 11 is 18.7. The minimum Gasteiger partial charge on any atom is -0.267 e. The first kappa shape index (κ1) is 22.7. The molecule has 0 bridgehead atoms. The van der Waals surface area contributed by atoms with Crippen molar-refractivity contribution in [3.63, 3.8) is 0 Å². The molecule has 4 aromatic rings. The fourth-order valence-corrected chi connectivity index (χ4v) is 5.19. The number of hydrogen-bond acceptors (Lipinski definition) is 3. The van der Waals surface area contributed by atoms with Crippen LogP contribution in [0.3, 0.4) is 0 Å². The van der Waals surface area contributed by atoms with Crippen LogP contribution in [0.5, 0.6) is 0 Å². The van der Waals surface area contributed by atoms with Crippen molar-refractivity contribution in [3.05, 3.63) is 92.2 Å². The van der Waals surface area contributed by atoms with Crippen molar-refractivity contribution < 1.29 is 4.79 Å². The highest BCUT2D eigenvalue weighted by Crippen LogP contribution is 2.39. The van der Waals surface area contributed by atoms with Crippen LogP contribution in [0.2, 0.25) is 15.1 Å². The van der Waals surface area contributed by atoms with Crippen molar-refractivity contribution in [3.8, 4) is 5.69 Å². The Kier molecular flexibility index (Phi) is 5.72. The summed E-state index contributed by atoms with van der Waals surface area (Å²) in [5, 5.41) is 13.6. The van der Waals surface area contributed by atoms with E-state index in [2.05, 4.69) is 23.3 Å². The van der Waals surface area contributed by atoms with Gasteiger partial charge in [0.25, 0.3) is 5.91 Å². The normalized spacial score (nSPS) is 15.0. The minimum absolute atomic E-state index is 0.250. The van der Waals surface area contributed by atoms with Crippen molar-refractivity contribution in [2.45, 2.75) is 20.8 Å². The van der Waals surface area contributed by atoms with E-state index in [1.54, 1.807) is 6.92 Å². The summed E-state index contributed by atoms with van der Waals surface area (Å²) in [7, 11) is 0. The van der Waals surface area contributed by atoms with Crippen LogP contribution in [0.15, 0.2) is 65.3 Å². The van der Waals surface area contributed by atoms with E-state index in [0.717, 1.165) is 33.4 Å². The fourth-order valence-electron chi connectivity index (χ4n) is 4.21. The number of fused-ring (bicyclic) bond motifs is 1. The van der Waals surface area contributed by atoms with Crippen LogP contribution in [0.4, 0.5) is 5.69 Å². The molecule has 170 valence electrons. The van der Waals surface area contributed by atoms with Gasteiger partial charge in [-0.3, -0.25) is 4.79 Å². The van der Waals surface area contributed by atoms with E-state index in [0.29, 0.717) is 22.0 Å². The van der Waals surface area contributed by atoms with Gasteiger partial charge in [-0.25, -0.2) is 4.68 Å². The summed E-state index contributed by atoms with van der Waals surface area (Å²) in [6.45, 7) is 5.70. The molecule has 34 heavy (non-hydrogen) atoms. The molecule has 5 nitrogen and oxygen atoms in total. The maximum atomic E-state index is 13.3. The molecular formula is C26H19Cl3N4O. The average molecular weight is 510 g/mol. The monoisotopic (exact) mass is 508 g/mol. The van der Waals surface area contributed by atoms with Crippen LogP contribution in [-0.2, 0) is 4.79 Å². The van der Waals surface area contributed by atoms with E-state index in [4.69, 9.17) is 39.9 Å². The van der Waals surface area contributed by atoms with Gasteiger partial charge in [0.1, 0.15) is 5.69 Å². The first-order chi connectivity index (χ1) is 16.3. The lowest BCUT2D eigenvalue weighted by atomic mass is 10.1. The largest absolute Gasteiger partial charge is 0.280 e. The van der Waals surface area contributed by atoms with Crippen LogP contribution < -0.4 is 5.01 Å². The molecule has 0 fully saturated rings. The van der Waals surface area contributed by atoms with Gasteiger partial charge in [-0.05, 0) is 50.4 Å². The SMILES string of the molecule is CC1=NN(c2c(Cl)cc(Cl)cc2Cl)C(=O)/C1=C/c1c(C)nn(-c2cccc3ccccc23)c1C. The molecule has 0 atom stereocenters. The van der Waals surface area contributed by atoms with E-state index >= 15 is 0 Å². The molecule has 1 amide bonds. The lowest BCUT2D eigenvalue weighted by molar-refractivity contribution is -0.114. The maximum Gasteiger partial charge on any atom is 0.280 e. The minimum atomic E-state index is -0.319. The van der Waals surface area contributed by atoms with Gasteiger partial charge in [0.2, 0.25) is 0 Å². The third kappa shape index (κ3) is 3.70.